The van der Waals surface area contributed by atoms with E-state index in [0.717, 1.165) is 16.8 Å². The molecule has 3 aromatic rings. The first-order valence-corrected chi connectivity index (χ1v) is 9.17. The van der Waals surface area contributed by atoms with Gasteiger partial charge in [0.05, 0.1) is 12.6 Å². The number of benzene rings is 1. The molecule has 0 unspecified atom stereocenters. The van der Waals surface area contributed by atoms with E-state index in [1.54, 1.807) is 17.3 Å². The van der Waals surface area contributed by atoms with Crippen LogP contribution < -0.4 is 0 Å². The summed E-state index contributed by atoms with van der Waals surface area (Å²) in [6.45, 7) is 2.32. The molecule has 5 nitrogen and oxygen atoms in total. The Morgan fingerprint density at radius 1 is 1.15 bits per heavy atom. The molecule has 0 aliphatic carbocycles. The van der Waals surface area contributed by atoms with Gasteiger partial charge in [-0.25, -0.2) is 0 Å². The Hall–Kier alpha value is -2.92. The smallest absolute Gasteiger partial charge is 0.271 e. The Morgan fingerprint density at radius 3 is 2.56 bits per heavy atom. The maximum absolute atomic E-state index is 13.3. The van der Waals surface area contributed by atoms with E-state index in [1.165, 1.54) is 0 Å². The number of hydrogen-bond acceptors (Lipinski definition) is 3. The summed E-state index contributed by atoms with van der Waals surface area (Å²) in [5.41, 5.74) is 3.59. The fourth-order valence-electron chi connectivity index (χ4n) is 3.28. The second kappa shape index (κ2) is 8.64. The molecular formula is C22H25N3O2. The highest BCUT2D eigenvalue weighted by molar-refractivity contribution is 5.94. The molecule has 1 aromatic carbocycles. The summed E-state index contributed by atoms with van der Waals surface area (Å²) in [7, 11) is 1.90. The topological polar surface area (TPSA) is 58.4 Å². The largest absolute Gasteiger partial charge is 0.394 e. The molecule has 0 saturated carbocycles. The SMILES string of the molecule is CC[C@@H](CO)N(Cc1cccnc1)C(=O)c1ccc(-c2ccccc2)n1C. The van der Waals surface area contributed by atoms with Crippen molar-refractivity contribution >= 4 is 5.91 Å². The minimum atomic E-state index is -0.243. The third-order valence-corrected chi connectivity index (χ3v) is 4.87. The average molecular weight is 363 g/mol. The van der Waals surface area contributed by atoms with Crippen LogP contribution in [0, 0.1) is 0 Å². The Kier molecular flexibility index (Phi) is 6.04. The van der Waals surface area contributed by atoms with E-state index in [1.807, 2.05) is 73.1 Å². The molecule has 1 atom stereocenters. The molecule has 1 N–H and O–H groups in total. The van der Waals surface area contributed by atoms with Gasteiger partial charge in [0.2, 0.25) is 0 Å². The van der Waals surface area contributed by atoms with E-state index in [4.69, 9.17) is 0 Å². The van der Waals surface area contributed by atoms with Crippen molar-refractivity contribution in [3.05, 3.63) is 78.2 Å². The summed E-state index contributed by atoms with van der Waals surface area (Å²) < 4.78 is 1.91. The third kappa shape index (κ3) is 4.09. The first kappa shape index (κ1) is 18.9. The lowest BCUT2D eigenvalue weighted by Gasteiger charge is -2.30. The van der Waals surface area contributed by atoms with Crippen LogP contribution in [0.1, 0.15) is 29.4 Å². The Morgan fingerprint density at radius 2 is 1.93 bits per heavy atom. The van der Waals surface area contributed by atoms with Gasteiger partial charge in [-0.1, -0.05) is 43.3 Å². The second-order valence-corrected chi connectivity index (χ2v) is 6.57. The van der Waals surface area contributed by atoms with Crippen LogP contribution >= 0.6 is 0 Å². The molecule has 0 aliphatic rings. The maximum Gasteiger partial charge on any atom is 0.271 e. The van der Waals surface area contributed by atoms with Gasteiger partial charge in [-0.3, -0.25) is 9.78 Å². The van der Waals surface area contributed by atoms with E-state index in [2.05, 4.69) is 4.98 Å². The number of aliphatic hydroxyl groups is 1. The number of carbonyl (C=O) groups excluding carboxylic acids is 1. The molecule has 2 aromatic heterocycles. The molecule has 1 amide bonds. The number of pyridine rings is 1. The lowest BCUT2D eigenvalue weighted by atomic mass is 10.1. The van der Waals surface area contributed by atoms with Crippen molar-refractivity contribution in [1.29, 1.82) is 0 Å². The van der Waals surface area contributed by atoms with Crippen LogP contribution in [0.2, 0.25) is 0 Å². The van der Waals surface area contributed by atoms with Crippen LogP contribution in [-0.4, -0.2) is 38.1 Å². The lowest BCUT2D eigenvalue weighted by molar-refractivity contribution is 0.0554. The first-order chi connectivity index (χ1) is 13.2. The zero-order valence-electron chi connectivity index (χ0n) is 15.7. The summed E-state index contributed by atoms with van der Waals surface area (Å²) in [4.78, 5) is 19.2. The quantitative estimate of drug-likeness (QED) is 0.699. The van der Waals surface area contributed by atoms with Crippen LogP contribution in [0.25, 0.3) is 11.3 Å². The number of rotatable bonds is 7. The number of aliphatic hydroxyl groups excluding tert-OH is 1. The fraction of sp³-hybridized carbons (Fsp3) is 0.273. The molecule has 0 aliphatic heterocycles. The van der Waals surface area contributed by atoms with Gasteiger partial charge in [0.15, 0.2) is 0 Å². The number of aromatic nitrogens is 2. The Balaban J connectivity index is 1.93. The van der Waals surface area contributed by atoms with Crippen LogP contribution in [0.15, 0.2) is 67.0 Å². The molecule has 140 valence electrons. The second-order valence-electron chi connectivity index (χ2n) is 6.57. The van der Waals surface area contributed by atoms with E-state index in [0.29, 0.717) is 18.7 Å². The van der Waals surface area contributed by atoms with Gasteiger partial charge in [0, 0.05) is 31.7 Å². The van der Waals surface area contributed by atoms with Gasteiger partial charge in [0.1, 0.15) is 5.69 Å². The van der Waals surface area contributed by atoms with E-state index < -0.39 is 0 Å². The summed E-state index contributed by atoms with van der Waals surface area (Å²) >= 11 is 0. The first-order valence-electron chi connectivity index (χ1n) is 9.17. The summed E-state index contributed by atoms with van der Waals surface area (Å²) in [5.74, 6) is -0.0931. The van der Waals surface area contributed by atoms with Crippen molar-refractivity contribution in [3.8, 4) is 11.3 Å². The van der Waals surface area contributed by atoms with Crippen molar-refractivity contribution in [3.63, 3.8) is 0 Å². The monoisotopic (exact) mass is 363 g/mol. The van der Waals surface area contributed by atoms with Crippen molar-refractivity contribution in [2.45, 2.75) is 25.9 Å². The number of hydrogen-bond donors (Lipinski definition) is 1. The van der Waals surface area contributed by atoms with Crippen molar-refractivity contribution < 1.29 is 9.90 Å². The normalized spacial score (nSPS) is 12.0. The zero-order valence-corrected chi connectivity index (χ0v) is 15.7. The standard InChI is InChI=1S/C22H25N3O2/c1-3-19(16-26)25(15-17-8-7-13-23-14-17)22(27)21-12-11-20(24(21)2)18-9-5-4-6-10-18/h4-14,19,26H,3,15-16H2,1-2H3/t19-/m0/s1. The summed E-state index contributed by atoms with van der Waals surface area (Å²) in [6, 6.07) is 17.4. The maximum atomic E-state index is 13.3. The Bertz CT molecular complexity index is 871. The van der Waals surface area contributed by atoms with Crippen molar-refractivity contribution in [2.75, 3.05) is 6.61 Å². The highest BCUT2D eigenvalue weighted by atomic mass is 16.3. The Labute approximate surface area is 159 Å². The minimum Gasteiger partial charge on any atom is -0.394 e. The van der Waals surface area contributed by atoms with Gasteiger partial charge in [-0.15, -0.1) is 0 Å². The molecule has 2 heterocycles. The predicted octanol–water partition coefficient (Wildman–Crippen LogP) is 3.50. The van der Waals surface area contributed by atoms with Gasteiger partial charge < -0.3 is 14.6 Å². The van der Waals surface area contributed by atoms with Gasteiger partial charge in [0.25, 0.3) is 5.91 Å². The molecule has 0 spiro atoms. The van der Waals surface area contributed by atoms with Gasteiger partial charge in [-0.05, 0) is 35.7 Å². The lowest BCUT2D eigenvalue weighted by Crippen LogP contribution is -2.42. The van der Waals surface area contributed by atoms with Crippen LogP contribution in [0.4, 0.5) is 0 Å². The molecule has 0 radical (unpaired) electrons. The molecule has 0 bridgehead atoms. The highest BCUT2D eigenvalue weighted by Gasteiger charge is 2.26. The van der Waals surface area contributed by atoms with Gasteiger partial charge >= 0.3 is 0 Å². The summed E-state index contributed by atoms with van der Waals surface area (Å²) in [5, 5.41) is 9.81. The molecule has 3 rings (SSSR count). The van der Waals surface area contributed by atoms with Crippen molar-refractivity contribution in [2.24, 2.45) is 7.05 Å². The van der Waals surface area contributed by atoms with Crippen LogP contribution in [0.5, 0.6) is 0 Å². The highest BCUT2D eigenvalue weighted by Crippen LogP contribution is 2.23. The van der Waals surface area contributed by atoms with Crippen molar-refractivity contribution in [1.82, 2.24) is 14.5 Å². The molecule has 0 saturated heterocycles. The van der Waals surface area contributed by atoms with E-state index in [-0.39, 0.29) is 18.6 Å². The molecule has 0 fully saturated rings. The number of amides is 1. The molecule has 5 heteroatoms. The zero-order chi connectivity index (χ0) is 19.2. The fourth-order valence-corrected chi connectivity index (χ4v) is 3.28. The molecule has 27 heavy (non-hydrogen) atoms. The predicted molar refractivity (Wildman–Crippen MR) is 106 cm³/mol. The van der Waals surface area contributed by atoms with E-state index in [9.17, 15) is 9.90 Å². The number of nitrogens with zero attached hydrogens (tertiary/aromatic N) is 3. The van der Waals surface area contributed by atoms with Crippen LogP contribution in [-0.2, 0) is 13.6 Å². The van der Waals surface area contributed by atoms with Gasteiger partial charge in [-0.2, -0.15) is 0 Å². The summed E-state index contributed by atoms with van der Waals surface area (Å²) in [6.07, 6.45) is 4.14. The van der Waals surface area contributed by atoms with E-state index >= 15 is 0 Å². The van der Waals surface area contributed by atoms with Crippen LogP contribution in [0.3, 0.4) is 0 Å². The minimum absolute atomic E-state index is 0.0710. The third-order valence-electron chi connectivity index (χ3n) is 4.87. The number of carbonyl (C=O) groups is 1. The average Bonchev–Trinajstić information content (AvgIpc) is 3.10. The molecular weight excluding hydrogens is 338 g/mol.